The minimum Gasteiger partial charge on any atom is -0.285 e. The summed E-state index contributed by atoms with van der Waals surface area (Å²) in [5, 5.41) is 0.592. The van der Waals surface area contributed by atoms with Crippen LogP contribution in [0.25, 0.3) is 0 Å². The van der Waals surface area contributed by atoms with E-state index in [1.807, 2.05) is 6.08 Å². The van der Waals surface area contributed by atoms with E-state index in [4.69, 9.17) is 4.55 Å². The van der Waals surface area contributed by atoms with E-state index in [1.165, 1.54) is 6.92 Å². The first-order chi connectivity index (χ1) is 5.89. The molecule has 1 unspecified atom stereocenters. The quantitative estimate of drug-likeness (QED) is 0.614. The van der Waals surface area contributed by atoms with Gasteiger partial charge in [-0.2, -0.15) is 8.42 Å². The third-order valence-electron chi connectivity index (χ3n) is 2.09. The molecule has 0 aromatic rings. The molecular formula is C8H11BrO3S. The number of allylic oxidation sites excluding steroid dienone is 3. The Morgan fingerprint density at radius 3 is 2.77 bits per heavy atom. The van der Waals surface area contributed by atoms with Crippen molar-refractivity contribution in [3.63, 3.8) is 0 Å². The van der Waals surface area contributed by atoms with Gasteiger partial charge in [0.2, 0.25) is 0 Å². The van der Waals surface area contributed by atoms with Crippen molar-refractivity contribution in [3.05, 3.63) is 23.8 Å². The van der Waals surface area contributed by atoms with E-state index in [0.29, 0.717) is 11.8 Å². The molecule has 74 valence electrons. The maximum atomic E-state index is 11.0. The molecule has 0 fully saturated rings. The van der Waals surface area contributed by atoms with Crippen LogP contribution in [0.4, 0.5) is 0 Å². The van der Waals surface area contributed by atoms with E-state index in [-0.39, 0.29) is 0 Å². The number of halogens is 1. The second kappa shape index (κ2) is 3.55. The number of hydrogen-bond donors (Lipinski definition) is 1. The third kappa shape index (κ3) is 2.21. The van der Waals surface area contributed by atoms with Crippen LogP contribution >= 0.6 is 15.9 Å². The molecule has 1 aliphatic carbocycles. The zero-order valence-electron chi connectivity index (χ0n) is 7.20. The average Bonchev–Trinajstić information content (AvgIpc) is 2.02. The molecule has 0 aromatic carbocycles. The summed E-state index contributed by atoms with van der Waals surface area (Å²) in [5.74, 6) is 0. The first-order valence-electron chi connectivity index (χ1n) is 3.80. The van der Waals surface area contributed by atoms with E-state index in [0.717, 1.165) is 5.57 Å². The number of hydrogen-bond acceptors (Lipinski definition) is 2. The van der Waals surface area contributed by atoms with Crippen molar-refractivity contribution in [3.8, 4) is 0 Å². The fourth-order valence-electron chi connectivity index (χ4n) is 1.21. The Hall–Kier alpha value is -0.130. The Bertz CT molecular complexity index is 356. The molecule has 1 aliphatic rings. The predicted octanol–water partition coefficient (Wildman–Crippen LogP) is 1.91. The van der Waals surface area contributed by atoms with Gasteiger partial charge in [0.05, 0.1) is 0 Å². The lowest BCUT2D eigenvalue weighted by atomic mass is 9.98. The fraction of sp³-hybridized carbons (Fsp3) is 0.500. The summed E-state index contributed by atoms with van der Waals surface area (Å²) in [6.45, 7) is 1.51. The van der Waals surface area contributed by atoms with Gasteiger partial charge in [-0.25, -0.2) is 0 Å². The Morgan fingerprint density at radius 1 is 1.69 bits per heavy atom. The van der Waals surface area contributed by atoms with E-state index in [2.05, 4.69) is 15.9 Å². The highest BCUT2D eigenvalue weighted by Crippen LogP contribution is 2.28. The highest BCUT2D eigenvalue weighted by Gasteiger charge is 2.36. The summed E-state index contributed by atoms with van der Waals surface area (Å²) < 4.78 is 29.9. The zero-order valence-corrected chi connectivity index (χ0v) is 9.60. The molecule has 3 nitrogen and oxygen atoms in total. The SMILES string of the molecule is CC1(S(=O)(=O)O)C=C(CBr)C=CC1. The molecule has 1 N–H and O–H groups in total. The van der Waals surface area contributed by atoms with Crippen molar-refractivity contribution in [1.29, 1.82) is 0 Å². The largest absolute Gasteiger partial charge is 0.285 e. The lowest BCUT2D eigenvalue weighted by Gasteiger charge is -2.24. The fourth-order valence-corrected chi connectivity index (χ4v) is 2.16. The molecule has 0 saturated heterocycles. The van der Waals surface area contributed by atoms with E-state index in [1.54, 1.807) is 12.2 Å². The molecule has 1 rings (SSSR count). The lowest BCUT2D eigenvalue weighted by molar-refractivity contribution is 0.452. The molecule has 0 radical (unpaired) electrons. The van der Waals surface area contributed by atoms with Gasteiger partial charge in [-0.15, -0.1) is 0 Å². The maximum Gasteiger partial charge on any atom is 0.274 e. The molecule has 0 aromatic heterocycles. The van der Waals surface area contributed by atoms with E-state index in [9.17, 15) is 8.42 Å². The van der Waals surface area contributed by atoms with Gasteiger partial charge in [-0.3, -0.25) is 4.55 Å². The topological polar surface area (TPSA) is 54.4 Å². The molecule has 0 amide bonds. The van der Waals surface area contributed by atoms with E-state index < -0.39 is 14.9 Å². The van der Waals surface area contributed by atoms with Gasteiger partial charge >= 0.3 is 0 Å². The second-order valence-electron chi connectivity index (χ2n) is 3.25. The lowest BCUT2D eigenvalue weighted by Crippen LogP contribution is -2.33. The Balaban J connectivity index is 3.10. The van der Waals surface area contributed by atoms with Gasteiger partial charge in [0.15, 0.2) is 0 Å². The Labute approximate surface area is 86.4 Å². The van der Waals surface area contributed by atoms with Crippen LogP contribution in [0.15, 0.2) is 23.8 Å². The smallest absolute Gasteiger partial charge is 0.274 e. The molecule has 0 aliphatic heterocycles. The summed E-state index contributed by atoms with van der Waals surface area (Å²) in [7, 11) is -4.02. The van der Waals surface area contributed by atoms with Gasteiger partial charge in [0, 0.05) is 5.33 Å². The summed E-state index contributed by atoms with van der Waals surface area (Å²) in [5.41, 5.74) is 0.867. The van der Waals surface area contributed by atoms with Crippen LogP contribution in [0.5, 0.6) is 0 Å². The third-order valence-corrected chi connectivity index (χ3v) is 4.20. The summed E-state index contributed by atoms with van der Waals surface area (Å²) >= 11 is 3.23. The standard InChI is InChI=1S/C8H11BrO3S/c1-8(13(10,11)12)4-2-3-7(5-8)6-9/h2-3,5H,4,6H2,1H3,(H,10,11,12). The van der Waals surface area contributed by atoms with Crippen LogP contribution in [0.2, 0.25) is 0 Å². The molecule has 1 atom stereocenters. The molecule has 13 heavy (non-hydrogen) atoms. The van der Waals surface area contributed by atoms with Crippen LogP contribution in [0.3, 0.4) is 0 Å². The van der Waals surface area contributed by atoms with Gasteiger partial charge in [0.1, 0.15) is 4.75 Å². The van der Waals surface area contributed by atoms with E-state index >= 15 is 0 Å². The first kappa shape index (κ1) is 10.9. The zero-order chi connectivity index (χ0) is 10.1. The van der Waals surface area contributed by atoms with Crippen molar-refractivity contribution in [2.24, 2.45) is 0 Å². The average molecular weight is 267 g/mol. The first-order valence-corrected chi connectivity index (χ1v) is 6.36. The summed E-state index contributed by atoms with van der Waals surface area (Å²) in [4.78, 5) is 0. The maximum absolute atomic E-state index is 11.0. The Morgan fingerprint density at radius 2 is 2.31 bits per heavy atom. The minimum absolute atomic E-state index is 0.322. The van der Waals surface area contributed by atoms with Gasteiger partial charge < -0.3 is 0 Å². The van der Waals surface area contributed by atoms with Gasteiger partial charge in [-0.1, -0.05) is 34.2 Å². The molecule has 0 saturated carbocycles. The second-order valence-corrected chi connectivity index (χ2v) is 5.69. The van der Waals surface area contributed by atoms with Crippen LogP contribution in [-0.4, -0.2) is 23.0 Å². The van der Waals surface area contributed by atoms with Crippen LogP contribution < -0.4 is 0 Å². The highest BCUT2D eigenvalue weighted by atomic mass is 79.9. The molecule has 5 heteroatoms. The molecule has 0 heterocycles. The predicted molar refractivity (Wildman–Crippen MR) is 55.6 cm³/mol. The van der Waals surface area contributed by atoms with Crippen molar-refractivity contribution in [2.45, 2.75) is 18.1 Å². The van der Waals surface area contributed by atoms with Crippen LogP contribution in [0, 0.1) is 0 Å². The van der Waals surface area contributed by atoms with Gasteiger partial charge in [0.25, 0.3) is 10.1 Å². The monoisotopic (exact) mass is 266 g/mol. The van der Waals surface area contributed by atoms with Crippen molar-refractivity contribution >= 4 is 26.0 Å². The number of rotatable bonds is 2. The molecule has 0 spiro atoms. The molecular weight excluding hydrogens is 256 g/mol. The van der Waals surface area contributed by atoms with Crippen molar-refractivity contribution in [2.75, 3.05) is 5.33 Å². The summed E-state index contributed by atoms with van der Waals surface area (Å²) in [6, 6.07) is 0. The molecule has 0 bridgehead atoms. The summed E-state index contributed by atoms with van der Waals surface area (Å²) in [6.07, 6.45) is 5.51. The number of alkyl halides is 1. The normalized spacial score (nSPS) is 28.7. The Kier molecular flexibility index (Phi) is 2.99. The van der Waals surface area contributed by atoms with Crippen LogP contribution in [0.1, 0.15) is 13.3 Å². The highest BCUT2D eigenvalue weighted by molar-refractivity contribution is 9.09. The van der Waals surface area contributed by atoms with Crippen LogP contribution in [-0.2, 0) is 10.1 Å². The van der Waals surface area contributed by atoms with Crippen molar-refractivity contribution in [1.82, 2.24) is 0 Å². The minimum atomic E-state index is -4.02. The van der Waals surface area contributed by atoms with Crippen molar-refractivity contribution < 1.29 is 13.0 Å². The van der Waals surface area contributed by atoms with Gasteiger partial charge in [-0.05, 0) is 18.9 Å².